The van der Waals surface area contributed by atoms with Crippen molar-refractivity contribution in [3.63, 3.8) is 0 Å². The van der Waals surface area contributed by atoms with Crippen LogP contribution in [0.25, 0.3) is 11.3 Å². The first-order valence-electron chi connectivity index (χ1n) is 7.82. The summed E-state index contributed by atoms with van der Waals surface area (Å²) in [6, 6.07) is 12.4. The molecule has 0 saturated carbocycles. The van der Waals surface area contributed by atoms with E-state index in [-0.39, 0.29) is 0 Å². The first-order chi connectivity index (χ1) is 10.6. The van der Waals surface area contributed by atoms with E-state index >= 15 is 0 Å². The van der Waals surface area contributed by atoms with Crippen molar-refractivity contribution in [3.05, 3.63) is 36.4 Å². The average molecular weight is 297 g/mol. The van der Waals surface area contributed by atoms with Gasteiger partial charge in [-0.15, -0.1) is 10.2 Å². The van der Waals surface area contributed by atoms with E-state index in [1.54, 1.807) is 0 Å². The van der Waals surface area contributed by atoms with E-state index in [2.05, 4.69) is 39.9 Å². The lowest BCUT2D eigenvalue weighted by Gasteiger charge is -2.37. The largest absolute Gasteiger partial charge is 0.399 e. The topological polar surface area (TPSA) is 58.3 Å². The molecule has 1 aromatic heterocycles. The Bertz CT molecular complexity index is 615. The molecular weight excluding hydrogens is 274 g/mol. The van der Waals surface area contributed by atoms with E-state index < -0.39 is 0 Å². The molecule has 2 heterocycles. The highest BCUT2D eigenvalue weighted by atomic mass is 15.3. The minimum Gasteiger partial charge on any atom is -0.399 e. The van der Waals surface area contributed by atoms with Gasteiger partial charge in [-0.25, -0.2) is 0 Å². The summed E-state index contributed by atoms with van der Waals surface area (Å²) >= 11 is 0. The molecule has 0 aliphatic carbocycles. The molecule has 1 aliphatic rings. The summed E-state index contributed by atoms with van der Waals surface area (Å²) in [5, 5.41) is 8.75. The number of nitrogens with zero attached hydrogens (tertiary/aromatic N) is 4. The molecule has 3 rings (SSSR count). The van der Waals surface area contributed by atoms with E-state index in [1.807, 2.05) is 30.3 Å². The van der Waals surface area contributed by atoms with Crippen LogP contribution in [-0.2, 0) is 0 Å². The zero-order chi connectivity index (χ0) is 15.5. The van der Waals surface area contributed by atoms with Crippen molar-refractivity contribution in [2.24, 2.45) is 0 Å². The number of hydrogen-bond donors (Lipinski definition) is 1. The van der Waals surface area contributed by atoms with E-state index in [1.165, 1.54) is 0 Å². The van der Waals surface area contributed by atoms with E-state index in [9.17, 15) is 0 Å². The van der Waals surface area contributed by atoms with Gasteiger partial charge < -0.3 is 10.6 Å². The van der Waals surface area contributed by atoms with Crippen molar-refractivity contribution in [1.29, 1.82) is 0 Å². The molecular formula is C17H23N5. The van der Waals surface area contributed by atoms with Gasteiger partial charge in [-0.1, -0.05) is 12.1 Å². The van der Waals surface area contributed by atoms with Crippen LogP contribution in [-0.4, -0.2) is 47.3 Å². The van der Waals surface area contributed by atoms with Gasteiger partial charge in [0.05, 0.1) is 5.69 Å². The van der Waals surface area contributed by atoms with Crippen molar-refractivity contribution in [2.45, 2.75) is 19.9 Å². The summed E-state index contributed by atoms with van der Waals surface area (Å²) in [7, 11) is 0. The molecule has 0 amide bonds. The van der Waals surface area contributed by atoms with Crippen molar-refractivity contribution in [1.82, 2.24) is 15.1 Å². The first kappa shape index (κ1) is 14.8. The van der Waals surface area contributed by atoms with Gasteiger partial charge in [0.15, 0.2) is 5.82 Å². The summed E-state index contributed by atoms with van der Waals surface area (Å²) in [5.74, 6) is 0.955. The number of benzene rings is 1. The number of rotatable bonds is 3. The Morgan fingerprint density at radius 2 is 1.77 bits per heavy atom. The van der Waals surface area contributed by atoms with Gasteiger partial charge in [-0.2, -0.15) is 0 Å². The molecule has 2 aromatic rings. The van der Waals surface area contributed by atoms with E-state index in [0.29, 0.717) is 6.04 Å². The third kappa shape index (κ3) is 3.20. The molecule has 2 N–H and O–H groups in total. The Morgan fingerprint density at radius 1 is 1.00 bits per heavy atom. The van der Waals surface area contributed by atoms with Gasteiger partial charge in [0.1, 0.15) is 0 Å². The average Bonchev–Trinajstić information content (AvgIpc) is 2.55. The second-order valence-corrected chi connectivity index (χ2v) is 6.02. The maximum Gasteiger partial charge on any atom is 0.151 e. The minimum atomic E-state index is 0.610. The Hall–Kier alpha value is -2.14. The number of aromatic nitrogens is 2. The van der Waals surface area contributed by atoms with Crippen LogP contribution in [0, 0.1) is 0 Å². The normalized spacial score (nSPS) is 16.2. The van der Waals surface area contributed by atoms with Crippen LogP contribution >= 0.6 is 0 Å². The van der Waals surface area contributed by atoms with E-state index in [0.717, 1.165) is 48.9 Å². The van der Waals surface area contributed by atoms with Crippen LogP contribution in [0.2, 0.25) is 0 Å². The highest BCUT2D eigenvalue weighted by Gasteiger charge is 2.19. The molecule has 5 nitrogen and oxygen atoms in total. The monoisotopic (exact) mass is 297 g/mol. The predicted octanol–water partition coefficient (Wildman–Crippen LogP) is 2.26. The smallest absolute Gasteiger partial charge is 0.151 e. The molecule has 0 unspecified atom stereocenters. The molecule has 116 valence electrons. The number of anilines is 2. The summed E-state index contributed by atoms with van der Waals surface area (Å²) in [6.45, 7) is 8.66. The van der Waals surface area contributed by atoms with E-state index in [4.69, 9.17) is 5.73 Å². The van der Waals surface area contributed by atoms with Crippen LogP contribution in [0.5, 0.6) is 0 Å². The SMILES string of the molecule is CC(C)N1CCN(c2ccc(-c3cccc(N)c3)nn2)CC1. The molecule has 0 bridgehead atoms. The predicted molar refractivity (Wildman–Crippen MR) is 90.8 cm³/mol. The maximum atomic E-state index is 5.82. The van der Waals surface area contributed by atoms with Gasteiger partial charge >= 0.3 is 0 Å². The van der Waals surface area contributed by atoms with Gasteiger partial charge in [-0.05, 0) is 38.1 Å². The van der Waals surface area contributed by atoms with Crippen LogP contribution in [0.1, 0.15) is 13.8 Å². The van der Waals surface area contributed by atoms with Gasteiger partial charge in [0.25, 0.3) is 0 Å². The molecule has 1 saturated heterocycles. The Labute approximate surface area is 131 Å². The molecule has 5 heteroatoms. The molecule has 0 spiro atoms. The summed E-state index contributed by atoms with van der Waals surface area (Å²) < 4.78 is 0. The number of nitrogens with two attached hydrogens (primary N) is 1. The number of hydrogen-bond acceptors (Lipinski definition) is 5. The minimum absolute atomic E-state index is 0.610. The van der Waals surface area contributed by atoms with Crippen LogP contribution < -0.4 is 10.6 Å². The molecule has 1 aliphatic heterocycles. The number of nitrogen functional groups attached to an aromatic ring is 1. The fourth-order valence-corrected chi connectivity index (χ4v) is 2.81. The maximum absolute atomic E-state index is 5.82. The summed E-state index contributed by atoms with van der Waals surface area (Å²) in [5.41, 5.74) is 8.42. The lowest BCUT2D eigenvalue weighted by molar-refractivity contribution is 0.209. The van der Waals surface area contributed by atoms with Crippen molar-refractivity contribution in [3.8, 4) is 11.3 Å². The standard InChI is InChI=1S/C17H23N5/c1-13(2)21-8-10-22(11-9-21)17-7-6-16(19-20-17)14-4-3-5-15(18)12-14/h3-7,12-13H,8-11,18H2,1-2H3. The van der Waals surface area contributed by atoms with Gasteiger partial charge in [-0.3, -0.25) is 4.90 Å². The second-order valence-electron chi connectivity index (χ2n) is 6.02. The number of piperazine rings is 1. The first-order valence-corrected chi connectivity index (χ1v) is 7.82. The fourth-order valence-electron chi connectivity index (χ4n) is 2.81. The molecule has 0 radical (unpaired) electrons. The van der Waals surface area contributed by atoms with Crippen LogP contribution in [0.3, 0.4) is 0 Å². The third-order valence-electron chi connectivity index (χ3n) is 4.20. The molecule has 1 fully saturated rings. The Balaban J connectivity index is 1.70. The summed E-state index contributed by atoms with van der Waals surface area (Å²) in [4.78, 5) is 4.79. The molecule has 1 aromatic carbocycles. The third-order valence-corrected chi connectivity index (χ3v) is 4.20. The fraction of sp³-hybridized carbons (Fsp3) is 0.412. The zero-order valence-electron chi connectivity index (χ0n) is 13.2. The van der Waals surface area contributed by atoms with Crippen molar-refractivity contribution in [2.75, 3.05) is 36.8 Å². The highest BCUT2D eigenvalue weighted by Crippen LogP contribution is 2.21. The van der Waals surface area contributed by atoms with Crippen molar-refractivity contribution < 1.29 is 0 Å². The highest BCUT2D eigenvalue weighted by molar-refractivity contribution is 5.64. The zero-order valence-corrected chi connectivity index (χ0v) is 13.2. The Morgan fingerprint density at radius 3 is 2.36 bits per heavy atom. The van der Waals surface area contributed by atoms with Gasteiger partial charge in [0.2, 0.25) is 0 Å². The lowest BCUT2D eigenvalue weighted by atomic mass is 10.1. The van der Waals surface area contributed by atoms with Crippen LogP contribution in [0.15, 0.2) is 36.4 Å². The van der Waals surface area contributed by atoms with Crippen molar-refractivity contribution >= 4 is 11.5 Å². The van der Waals surface area contributed by atoms with Gasteiger partial charge in [0, 0.05) is 43.5 Å². The lowest BCUT2D eigenvalue weighted by Crippen LogP contribution is -2.49. The quantitative estimate of drug-likeness (QED) is 0.881. The molecule has 22 heavy (non-hydrogen) atoms. The second kappa shape index (κ2) is 6.32. The molecule has 0 atom stereocenters. The summed E-state index contributed by atoms with van der Waals surface area (Å²) in [6.07, 6.45) is 0. The Kier molecular flexibility index (Phi) is 4.24. The van der Waals surface area contributed by atoms with Crippen LogP contribution in [0.4, 0.5) is 11.5 Å².